The van der Waals surface area contributed by atoms with E-state index in [-0.39, 0.29) is 11.5 Å². The predicted molar refractivity (Wildman–Crippen MR) is 55.8 cm³/mol. The Morgan fingerprint density at radius 1 is 1.57 bits per heavy atom. The van der Waals surface area contributed by atoms with Crippen LogP contribution < -0.4 is 5.73 Å². The molecule has 0 saturated carbocycles. The Bertz CT molecular complexity index is 351. The van der Waals surface area contributed by atoms with Crippen LogP contribution in [-0.4, -0.2) is 16.9 Å². The lowest BCUT2D eigenvalue weighted by atomic mass is 10.0. The van der Waals surface area contributed by atoms with Gasteiger partial charge in [0.25, 0.3) is 0 Å². The predicted octanol–water partition coefficient (Wildman–Crippen LogP) is 1.88. The van der Waals surface area contributed by atoms with Gasteiger partial charge in [-0.3, -0.25) is 4.79 Å². The van der Waals surface area contributed by atoms with Crippen molar-refractivity contribution in [3.05, 3.63) is 28.3 Å². The molecule has 1 aromatic rings. The number of Topliss-reactive ketones (excluding diaryl/α,β-unsaturated/α-hetero) is 1. The van der Waals surface area contributed by atoms with Gasteiger partial charge in [-0.1, -0.05) is 11.6 Å². The van der Waals surface area contributed by atoms with E-state index in [1.54, 1.807) is 13.8 Å². The minimum absolute atomic E-state index is 0.0153. The molecule has 0 saturated heterocycles. The maximum Gasteiger partial charge on any atom is 0.179 e. The van der Waals surface area contributed by atoms with E-state index in [1.165, 1.54) is 12.1 Å². The van der Waals surface area contributed by atoms with Crippen LogP contribution in [0.15, 0.2) is 12.1 Å². The topological polar surface area (TPSA) is 63.3 Å². The number of phenolic OH excluding ortho intramolecular Hbond substituents is 1. The second kappa shape index (κ2) is 3.98. The minimum atomic E-state index is -0.590. The van der Waals surface area contributed by atoms with Gasteiger partial charge in [0.1, 0.15) is 5.75 Å². The molecule has 0 aliphatic rings. The third kappa shape index (κ3) is 2.05. The largest absolute Gasteiger partial charge is 0.508 e. The molecule has 0 aliphatic heterocycles. The molecule has 76 valence electrons. The number of aromatic hydroxyl groups is 1. The number of rotatable bonds is 2. The zero-order valence-electron chi connectivity index (χ0n) is 8.04. The van der Waals surface area contributed by atoms with Gasteiger partial charge in [-0.25, -0.2) is 0 Å². The summed E-state index contributed by atoms with van der Waals surface area (Å²) in [5, 5.41) is 9.80. The lowest BCUT2D eigenvalue weighted by Gasteiger charge is -2.07. The first-order chi connectivity index (χ1) is 6.43. The van der Waals surface area contributed by atoms with E-state index in [4.69, 9.17) is 17.3 Å². The smallest absolute Gasteiger partial charge is 0.179 e. The average molecular weight is 214 g/mol. The monoisotopic (exact) mass is 213 g/mol. The van der Waals surface area contributed by atoms with Gasteiger partial charge in [0.05, 0.1) is 6.04 Å². The van der Waals surface area contributed by atoms with E-state index in [0.717, 1.165) is 0 Å². The summed E-state index contributed by atoms with van der Waals surface area (Å²) in [7, 11) is 0. The van der Waals surface area contributed by atoms with E-state index in [1.807, 2.05) is 0 Å². The van der Waals surface area contributed by atoms with Crippen LogP contribution in [0.25, 0.3) is 0 Å². The SMILES string of the molecule is Cc1c(O)cc(C(=O)C(C)N)cc1Cl. The minimum Gasteiger partial charge on any atom is -0.508 e. The summed E-state index contributed by atoms with van der Waals surface area (Å²) < 4.78 is 0. The molecule has 14 heavy (non-hydrogen) atoms. The molecule has 1 rings (SSSR count). The summed E-state index contributed by atoms with van der Waals surface area (Å²) in [4.78, 5) is 11.5. The molecule has 0 bridgehead atoms. The number of hydrogen-bond acceptors (Lipinski definition) is 3. The number of halogens is 1. The number of hydrogen-bond donors (Lipinski definition) is 2. The number of ketones is 1. The number of benzene rings is 1. The van der Waals surface area contributed by atoms with Crippen molar-refractivity contribution in [2.75, 3.05) is 0 Å². The molecule has 1 unspecified atom stereocenters. The molecule has 1 atom stereocenters. The second-order valence-electron chi connectivity index (χ2n) is 3.26. The summed E-state index contributed by atoms with van der Waals surface area (Å²) >= 11 is 5.81. The number of phenols is 1. The molecule has 4 heteroatoms. The highest BCUT2D eigenvalue weighted by Crippen LogP contribution is 2.26. The summed E-state index contributed by atoms with van der Waals surface area (Å²) in [5.74, 6) is -0.219. The van der Waals surface area contributed by atoms with E-state index >= 15 is 0 Å². The lowest BCUT2D eigenvalue weighted by molar-refractivity contribution is 0.0967. The Hall–Kier alpha value is -1.06. The summed E-state index contributed by atoms with van der Waals surface area (Å²) in [6, 6.07) is 2.31. The summed E-state index contributed by atoms with van der Waals surface area (Å²) in [6.45, 7) is 3.27. The van der Waals surface area contributed by atoms with Crippen LogP contribution in [0.1, 0.15) is 22.8 Å². The Morgan fingerprint density at radius 3 is 2.57 bits per heavy atom. The second-order valence-corrected chi connectivity index (χ2v) is 3.66. The van der Waals surface area contributed by atoms with Crippen molar-refractivity contribution in [2.45, 2.75) is 19.9 Å². The fourth-order valence-corrected chi connectivity index (χ4v) is 1.28. The van der Waals surface area contributed by atoms with E-state index in [0.29, 0.717) is 16.1 Å². The van der Waals surface area contributed by atoms with Crippen LogP contribution in [0, 0.1) is 6.92 Å². The van der Waals surface area contributed by atoms with E-state index < -0.39 is 6.04 Å². The van der Waals surface area contributed by atoms with E-state index in [2.05, 4.69) is 0 Å². The van der Waals surface area contributed by atoms with Gasteiger partial charge in [-0.2, -0.15) is 0 Å². The number of carbonyl (C=O) groups is 1. The van der Waals surface area contributed by atoms with Gasteiger partial charge in [0, 0.05) is 16.1 Å². The summed E-state index contributed by atoms with van der Waals surface area (Å²) in [6.07, 6.45) is 0. The third-order valence-electron chi connectivity index (χ3n) is 2.01. The molecule has 0 radical (unpaired) electrons. The summed E-state index contributed by atoms with van der Waals surface area (Å²) in [5.41, 5.74) is 6.34. The highest BCUT2D eigenvalue weighted by molar-refractivity contribution is 6.32. The van der Waals surface area contributed by atoms with Crippen LogP contribution in [0.4, 0.5) is 0 Å². The zero-order chi connectivity index (χ0) is 10.9. The molecule has 0 spiro atoms. The van der Waals surface area contributed by atoms with Crippen molar-refractivity contribution in [1.82, 2.24) is 0 Å². The quantitative estimate of drug-likeness (QED) is 0.738. The zero-order valence-corrected chi connectivity index (χ0v) is 8.80. The van der Waals surface area contributed by atoms with Gasteiger partial charge < -0.3 is 10.8 Å². The first kappa shape index (κ1) is 11.0. The van der Waals surface area contributed by atoms with Gasteiger partial charge in [0.2, 0.25) is 0 Å². The molecule has 0 amide bonds. The van der Waals surface area contributed by atoms with E-state index in [9.17, 15) is 9.90 Å². The van der Waals surface area contributed by atoms with Crippen LogP contribution in [-0.2, 0) is 0 Å². The Balaban J connectivity index is 3.19. The fraction of sp³-hybridized carbons (Fsp3) is 0.300. The highest BCUT2D eigenvalue weighted by atomic mass is 35.5. The van der Waals surface area contributed by atoms with Crippen molar-refractivity contribution < 1.29 is 9.90 Å². The van der Waals surface area contributed by atoms with Crippen molar-refractivity contribution in [3.8, 4) is 5.75 Å². The van der Waals surface area contributed by atoms with Crippen molar-refractivity contribution in [1.29, 1.82) is 0 Å². The normalized spacial score (nSPS) is 12.6. The molecule has 3 nitrogen and oxygen atoms in total. The van der Waals surface area contributed by atoms with Gasteiger partial charge in [-0.15, -0.1) is 0 Å². The first-order valence-corrected chi connectivity index (χ1v) is 4.60. The molecular formula is C10H12ClNO2. The molecule has 0 aromatic heterocycles. The van der Waals surface area contributed by atoms with Crippen molar-refractivity contribution in [2.24, 2.45) is 5.73 Å². The Kier molecular flexibility index (Phi) is 3.13. The maximum atomic E-state index is 11.5. The number of nitrogens with two attached hydrogens (primary N) is 1. The third-order valence-corrected chi connectivity index (χ3v) is 2.41. The molecule has 0 aliphatic carbocycles. The Labute approximate surface area is 87.5 Å². The standard InChI is InChI=1S/C10H12ClNO2/c1-5-8(11)3-7(4-9(5)13)10(14)6(2)12/h3-4,6,13H,12H2,1-2H3. The van der Waals surface area contributed by atoms with Crippen LogP contribution in [0.5, 0.6) is 5.75 Å². The molecule has 1 aromatic carbocycles. The average Bonchev–Trinajstić information content (AvgIpc) is 2.12. The van der Waals surface area contributed by atoms with Crippen LogP contribution >= 0.6 is 11.6 Å². The molecule has 3 N–H and O–H groups in total. The first-order valence-electron chi connectivity index (χ1n) is 4.22. The molecule has 0 fully saturated rings. The van der Waals surface area contributed by atoms with Crippen LogP contribution in [0.3, 0.4) is 0 Å². The maximum absolute atomic E-state index is 11.5. The molecular weight excluding hydrogens is 202 g/mol. The highest BCUT2D eigenvalue weighted by Gasteiger charge is 2.14. The van der Waals surface area contributed by atoms with Gasteiger partial charge >= 0.3 is 0 Å². The fourth-order valence-electron chi connectivity index (χ4n) is 1.07. The Morgan fingerprint density at radius 2 is 2.14 bits per heavy atom. The van der Waals surface area contributed by atoms with Crippen molar-refractivity contribution in [3.63, 3.8) is 0 Å². The van der Waals surface area contributed by atoms with Crippen LogP contribution in [0.2, 0.25) is 5.02 Å². The molecule has 0 heterocycles. The lowest BCUT2D eigenvalue weighted by Crippen LogP contribution is -2.26. The van der Waals surface area contributed by atoms with Crippen molar-refractivity contribution >= 4 is 17.4 Å². The van der Waals surface area contributed by atoms with Gasteiger partial charge in [-0.05, 0) is 26.0 Å². The number of carbonyl (C=O) groups excluding carboxylic acids is 1. The van der Waals surface area contributed by atoms with Gasteiger partial charge in [0.15, 0.2) is 5.78 Å².